The van der Waals surface area contributed by atoms with Gasteiger partial charge in [-0.3, -0.25) is 4.79 Å². The second kappa shape index (κ2) is 7.49. The third-order valence-corrected chi connectivity index (χ3v) is 4.49. The zero-order chi connectivity index (χ0) is 16.1. The van der Waals surface area contributed by atoms with E-state index in [2.05, 4.69) is 36.9 Å². The minimum atomic E-state index is -0.410. The van der Waals surface area contributed by atoms with Crippen molar-refractivity contribution in [3.05, 3.63) is 23.8 Å². The number of anilines is 1. The second-order valence-corrected chi connectivity index (χ2v) is 5.77. The summed E-state index contributed by atoms with van der Waals surface area (Å²) in [6.07, 6.45) is 1.10. The third kappa shape index (κ3) is 3.53. The van der Waals surface area contributed by atoms with Crippen molar-refractivity contribution in [3.63, 3.8) is 0 Å². The summed E-state index contributed by atoms with van der Waals surface area (Å²) in [5.74, 6) is 1.21. The Morgan fingerprint density at radius 2 is 2.00 bits per heavy atom. The van der Waals surface area contributed by atoms with E-state index in [1.54, 1.807) is 12.0 Å². The maximum Gasteiger partial charge on any atom is 0.248 e. The number of carbonyl (C=O) groups excluding carboxylic acids is 1. The van der Waals surface area contributed by atoms with Crippen molar-refractivity contribution in [2.75, 3.05) is 44.8 Å². The van der Waals surface area contributed by atoms with E-state index >= 15 is 0 Å². The molecule has 5 heteroatoms. The van der Waals surface area contributed by atoms with Crippen molar-refractivity contribution < 1.29 is 14.6 Å². The SMILES string of the molecule is CCC(C)c1ccc(N2CCN(C(=O)CO)CC2)c(OC)c1. The van der Waals surface area contributed by atoms with Crippen LogP contribution in [0.15, 0.2) is 18.2 Å². The molecule has 0 radical (unpaired) electrons. The molecular weight excluding hydrogens is 280 g/mol. The van der Waals surface area contributed by atoms with Crippen LogP contribution in [0.5, 0.6) is 5.75 Å². The number of hydrogen-bond donors (Lipinski definition) is 1. The molecule has 1 unspecified atom stereocenters. The quantitative estimate of drug-likeness (QED) is 0.902. The van der Waals surface area contributed by atoms with E-state index in [0.29, 0.717) is 19.0 Å². The maximum atomic E-state index is 11.5. The first-order valence-electron chi connectivity index (χ1n) is 7.92. The number of piperazine rings is 1. The largest absolute Gasteiger partial charge is 0.495 e. The van der Waals surface area contributed by atoms with Gasteiger partial charge in [-0.05, 0) is 30.0 Å². The van der Waals surface area contributed by atoms with E-state index in [9.17, 15) is 4.79 Å². The number of benzene rings is 1. The summed E-state index contributed by atoms with van der Waals surface area (Å²) in [6.45, 7) is 6.77. The number of aliphatic hydroxyl groups is 1. The molecule has 1 aliphatic rings. The minimum absolute atomic E-state index is 0.196. The van der Waals surface area contributed by atoms with Gasteiger partial charge in [0, 0.05) is 26.2 Å². The molecule has 0 spiro atoms. The van der Waals surface area contributed by atoms with Crippen molar-refractivity contribution in [1.29, 1.82) is 0 Å². The summed E-state index contributed by atoms with van der Waals surface area (Å²) in [5, 5.41) is 8.93. The van der Waals surface area contributed by atoms with Crippen LogP contribution >= 0.6 is 0 Å². The summed E-state index contributed by atoms with van der Waals surface area (Å²) >= 11 is 0. The Bertz CT molecular complexity index is 511. The van der Waals surface area contributed by atoms with Crippen LogP contribution in [-0.4, -0.2) is 55.8 Å². The van der Waals surface area contributed by atoms with Crippen LogP contribution in [0.1, 0.15) is 31.7 Å². The molecule has 1 saturated heterocycles. The number of rotatable bonds is 5. The van der Waals surface area contributed by atoms with Gasteiger partial charge in [0.25, 0.3) is 0 Å². The zero-order valence-corrected chi connectivity index (χ0v) is 13.7. The first kappa shape index (κ1) is 16.6. The van der Waals surface area contributed by atoms with Crippen LogP contribution in [-0.2, 0) is 4.79 Å². The van der Waals surface area contributed by atoms with Gasteiger partial charge in [0.15, 0.2) is 0 Å². The third-order valence-electron chi connectivity index (χ3n) is 4.49. The van der Waals surface area contributed by atoms with Crippen LogP contribution in [0.4, 0.5) is 5.69 Å². The molecule has 1 heterocycles. The van der Waals surface area contributed by atoms with E-state index < -0.39 is 6.61 Å². The van der Waals surface area contributed by atoms with Gasteiger partial charge in [0.2, 0.25) is 5.91 Å². The highest BCUT2D eigenvalue weighted by Gasteiger charge is 2.22. The van der Waals surface area contributed by atoms with Gasteiger partial charge >= 0.3 is 0 Å². The predicted octanol–water partition coefficient (Wildman–Crippen LogP) is 1.85. The molecule has 0 bridgehead atoms. The molecule has 1 fully saturated rings. The number of ether oxygens (including phenoxy) is 1. The average Bonchev–Trinajstić information content (AvgIpc) is 2.59. The standard InChI is InChI=1S/C17H26N2O3/c1-4-13(2)14-5-6-15(16(11-14)22-3)18-7-9-19(10-8-18)17(21)12-20/h5-6,11,13,20H,4,7-10,12H2,1-3H3. The predicted molar refractivity (Wildman–Crippen MR) is 87.6 cm³/mol. The van der Waals surface area contributed by atoms with Crippen molar-refractivity contribution in [2.45, 2.75) is 26.2 Å². The average molecular weight is 306 g/mol. The highest BCUT2D eigenvalue weighted by atomic mass is 16.5. The smallest absolute Gasteiger partial charge is 0.248 e. The Labute approximate surface area is 132 Å². The van der Waals surface area contributed by atoms with E-state index in [4.69, 9.17) is 9.84 Å². The van der Waals surface area contributed by atoms with Gasteiger partial charge in [-0.25, -0.2) is 0 Å². The Morgan fingerprint density at radius 1 is 1.32 bits per heavy atom. The minimum Gasteiger partial charge on any atom is -0.495 e. The molecule has 1 N–H and O–H groups in total. The second-order valence-electron chi connectivity index (χ2n) is 5.77. The van der Waals surface area contributed by atoms with E-state index in [0.717, 1.165) is 30.9 Å². The van der Waals surface area contributed by atoms with Crippen LogP contribution in [0.3, 0.4) is 0 Å². The topological polar surface area (TPSA) is 53.0 Å². The lowest BCUT2D eigenvalue weighted by molar-refractivity contribution is -0.134. The summed E-state index contributed by atoms with van der Waals surface area (Å²) < 4.78 is 5.57. The van der Waals surface area contributed by atoms with Gasteiger partial charge in [0.1, 0.15) is 12.4 Å². The van der Waals surface area contributed by atoms with E-state index in [1.165, 1.54) is 5.56 Å². The first-order valence-corrected chi connectivity index (χ1v) is 7.92. The number of amides is 1. The number of methoxy groups -OCH3 is 1. The number of carbonyl (C=O) groups is 1. The number of hydrogen-bond acceptors (Lipinski definition) is 4. The number of nitrogens with zero attached hydrogens (tertiary/aromatic N) is 2. The Kier molecular flexibility index (Phi) is 5.66. The fraction of sp³-hybridized carbons (Fsp3) is 0.588. The summed E-state index contributed by atoms with van der Waals surface area (Å²) in [6, 6.07) is 6.40. The van der Waals surface area contributed by atoms with Crippen molar-refractivity contribution in [1.82, 2.24) is 4.90 Å². The van der Waals surface area contributed by atoms with Crippen molar-refractivity contribution in [2.24, 2.45) is 0 Å². The number of aliphatic hydroxyl groups excluding tert-OH is 1. The van der Waals surface area contributed by atoms with Crippen LogP contribution in [0, 0.1) is 0 Å². The summed E-state index contributed by atoms with van der Waals surface area (Å²) in [5.41, 5.74) is 2.36. The highest BCUT2D eigenvalue weighted by Crippen LogP contribution is 2.33. The molecule has 2 rings (SSSR count). The van der Waals surface area contributed by atoms with Crippen LogP contribution in [0.2, 0.25) is 0 Å². The lowest BCUT2D eigenvalue weighted by Gasteiger charge is -2.36. The molecule has 0 aliphatic carbocycles. The summed E-state index contributed by atoms with van der Waals surface area (Å²) in [7, 11) is 1.70. The van der Waals surface area contributed by atoms with Crippen molar-refractivity contribution in [3.8, 4) is 5.75 Å². The fourth-order valence-electron chi connectivity index (χ4n) is 2.79. The van der Waals surface area contributed by atoms with Crippen LogP contribution < -0.4 is 9.64 Å². The lowest BCUT2D eigenvalue weighted by Crippen LogP contribution is -2.49. The maximum absolute atomic E-state index is 11.5. The summed E-state index contributed by atoms with van der Waals surface area (Å²) in [4.78, 5) is 15.5. The Morgan fingerprint density at radius 3 is 2.55 bits per heavy atom. The van der Waals surface area contributed by atoms with Crippen molar-refractivity contribution >= 4 is 11.6 Å². The molecule has 1 aliphatic heterocycles. The Hall–Kier alpha value is -1.75. The molecule has 1 amide bonds. The molecule has 122 valence electrons. The molecule has 0 saturated carbocycles. The van der Waals surface area contributed by atoms with Gasteiger partial charge in [-0.15, -0.1) is 0 Å². The fourth-order valence-corrected chi connectivity index (χ4v) is 2.79. The lowest BCUT2D eigenvalue weighted by atomic mass is 9.98. The van der Waals surface area contributed by atoms with Gasteiger partial charge in [0.05, 0.1) is 12.8 Å². The molecule has 5 nitrogen and oxygen atoms in total. The van der Waals surface area contributed by atoms with E-state index in [1.807, 2.05) is 0 Å². The molecule has 0 aromatic heterocycles. The monoisotopic (exact) mass is 306 g/mol. The zero-order valence-electron chi connectivity index (χ0n) is 13.7. The normalized spacial score (nSPS) is 16.5. The molecule has 1 aromatic rings. The molecule has 22 heavy (non-hydrogen) atoms. The van der Waals surface area contributed by atoms with Gasteiger partial charge in [-0.1, -0.05) is 19.9 Å². The highest BCUT2D eigenvalue weighted by molar-refractivity contribution is 5.77. The van der Waals surface area contributed by atoms with Crippen LogP contribution in [0.25, 0.3) is 0 Å². The first-order chi connectivity index (χ1) is 10.6. The Balaban J connectivity index is 2.11. The van der Waals surface area contributed by atoms with E-state index in [-0.39, 0.29) is 5.91 Å². The van der Waals surface area contributed by atoms with Gasteiger partial charge in [-0.2, -0.15) is 0 Å². The molecule has 1 atom stereocenters. The van der Waals surface area contributed by atoms with Gasteiger partial charge < -0.3 is 19.6 Å². The molecular formula is C17H26N2O3. The molecule has 1 aromatic carbocycles.